The highest BCUT2D eigenvalue weighted by Gasteiger charge is 2.12. The third-order valence-corrected chi connectivity index (χ3v) is 2.27. The van der Waals surface area contributed by atoms with Crippen molar-refractivity contribution in [2.45, 2.75) is 39.4 Å². The molecule has 1 atom stereocenters. The van der Waals surface area contributed by atoms with E-state index in [-0.39, 0.29) is 6.10 Å². The second-order valence-corrected chi connectivity index (χ2v) is 3.83. The Morgan fingerprint density at radius 3 is 2.80 bits per heavy atom. The van der Waals surface area contributed by atoms with Crippen LogP contribution in [0.25, 0.3) is 0 Å². The zero-order chi connectivity index (χ0) is 11.3. The molecule has 84 valence electrons. The van der Waals surface area contributed by atoms with E-state index < -0.39 is 6.10 Å². The van der Waals surface area contributed by atoms with E-state index in [0.29, 0.717) is 6.61 Å². The molecular formula is C12H19NO2. The summed E-state index contributed by atoms with van der Waals surface area (Å²) in [6.45, 7) is 6.31. The second kappa shape index (κ2) is 5.83. The van der Waals surface area contributed by atoms with Crippen LogP contribution in [0.15, 0.2) is 18.5 Å². The lowest BCUT2D eigenvalue weighted by Gasteiger charge is -2.16. The van der Waals surface area contributed by atoms with Gasteiger partial charge in [0.2, 0.25) is 0 Å². The average molecular weight is 209 g/mol. The maximum absolute atomic E-state index is 9.93. The first-order valence-corrected chi connectivity index (χ1v) is 5.37. The summed E-state index contributed by atoms with van der Waals surface area (Å²) in [5.74, 6) is 0. The normalized spacial score (nSPS) is 13.1. The predicted octanol–water partition coefficient (Wildman–Crippen LogP) is 2.10. The van der Waals surface area contributed by atoms with Gasteiger partial charge >= 0.3 is 0 Å². The van der Waals surface area contributed by atoms with Gasteiger partial charge in [0.25, 0.3) is 0 Å². The van der Waals surface area contributed by atoms with Crippen molar-refractivity contribution in [1.82, 2.24) is 4.98 Å². The minimum Gasteiger partial charge on any atom is -0.386 e. The average Bonchev–Trinajstić information content (AvgIpc) is 2.25. The summed E-state index contributed by atoms with van der Waals surface area (Å²) in [7, 11) is 0. The highest BCUT2D eigenvalue weighted by atomic mass is 16.5. The summed E-state index contributed by atoms with van der Waals surface area (Å²) < 4.78 is 5.39. The molecule has 0 fully saturated rings. The molecule has 3 nitrogen and oxygen atoms in total. The van der Waals surface area contributed by atoms with Gasteiger partial charge in [-0.05, 0) is 37.5 Å². The van der Waals surface area contributed by atoms with Crippen LogP contribution in [0.4, 0.5) is 0 Å². The van der Waals surface area contributed by atoms with Crippen LogP contribution in [-0.2, 0) is 11.2 Å². The van der Waals surface area contributed by atoms with Crippen LogP contribution >= 0.6 is 0 Å². The molecule has 0 aliphatic heterocycles. The number of aryl methyl sites for hydroxylation is 1. The maximum Gasteiger partial charge on any atom is 0.103 e. The Kier molecular flexibility index (Phi) is 4.72. The van der Waals surface area contributed by atoms with Gasteiger partial charge in [-0.1, -0.05) is 6.92 Å². The van der Waals surface area contributed by atoms with Crippen LogP contribution in [0.3, 0.4) is 0 Å². The largest absolute Gasteiger partial charge is 0.386 e. The topological polar surface area (TPSA) is 42.4 Å². The quantitative estimate of drug-likeness (QED) is 0.807. The molecule has 0 aliphatic rings. The zero-order valence-corrected chi connectivity index (χ0v) is 9.60. The van der Waals surface area contributed by atoms with E-state index in [0.717, 1.165) is 17.5 Å². The Bertz CT molecular complexity index is 299. The molecule has 1 N–H and O–H groups in total. The lowest BCUT2D eigenvalue weighted by Crippen LogP contribution is -2.13. The van der Waals surface area contributed by atoms with Crippen LogP contribution in [0.2, 0.25) is 0 Å². The van der Waals surface area contributed by atoms with E-state index in [1.807, 2.05) is 19.9 Å². The number of aliphatic hydroxyl groups is 1. The third-order valence-electron chi connectivity index (χ3n) is 2.27. The van der Waals surface area contributed by atoms with Crippen LogP contribution in [0.5, 0.6) is 0 Å². The number of rotatable bonds is 5. The molecule has 0 radical (unpaired) electrons. The molecule has 0 saturated carbocycles. The van der Waals surface area contributed by atoms with Crippen LogP contribution in [-0.4, -0.2) is 22.8 Å². The van der Waals surface area contributed by atoms with Gasteiger partial charge in [0.05, 0.1) is 12.7 Å². The number of hydrogen-bond donors (Lipinski definition) is 1. The van der Waals surface area contributed by atoms with Gasteiger partial charge in [-0.3, -0.25) is 4.98 Å². The second-order valence-electron chi connectivity index (χ2n) is 3.83. The van der Waals surface area contributed by atoms with Crippen molar-refractivity contribution in [3.63, 3.8) is 0 Å². The minimum absolute atomic E-state index is 0.145. The summed E-state index contributed by atoms with van der Waals surface area (Å²) in [4.78, 5) is 4.04. The van der Waals surface area contributed by atoms with E-state index in [4.69, 9.17) is 4.74 Å². The first-order valence-electron chi connectivity index (χ1n) is 5.37. The Balaban J connectivity index is 2.68. The number of hydrogen-bond acceptors (Lipinski definition) is 3. The predicted molar refractivity (Wildman–Crippen MR) is 59.7 cm³/mol. The molecule has 15 heavy (non-hydrogen) atoms. The number of pyridine rings is 1. The SMILES string of the molecule is CCc1cnccc1C(O)COC(C)C. The monoisotopic (exact) mass is 209 g/mol. The first kappa shape index (κ1) is 12.1. The van der Waals surface area contributed by atoms with Crippen LogP contribution < -0.4 is 0 Å². The molecule has 0 amide bonds. The number of nitrogens with zero attached hydrogens (tertiary/aromatic N) is 1. The van der Waals surface area contributed by atoms with Crippen molar-refractivity contribution >= 4 is 0 Å². The van der Waals surface area contributed by atoms with Gasteiger partial charge in [0.1, 0.15) is 6.10 Å². The third kappa shape index (κ3) is 3.61. The van der Waals surface area contributed by atoms with E-state index in [9.17, 15) is 5.11 Å². The fraction of sp³-hybridized carbons (Fsp3) is 0.583. The Morgan fingerprint density at radius 2 is 2.20 bits per heavy atom. The minimum atomic E-state index is -0.551. The molecule has 0 saturated heterocycles. The molecule has 1 aromatic rings. The lowest BCUT2D eigenvalue weighted by molar-refractivity contribution is 0.00458. The first-order chi connectivity index (χ1) is 7.15. The molecule has 1 aromatic heterocycles. The summed E-state index contributed by atoms with van der Waals surface area (Å²) in [6.07, 6.45) is 3.97. The standard InChI is InChI=1S/C12H19NO2/c1-4-10-7-13-6-5-11(10)12(14)8-15-9(2)3/h5-7,9,12,14H,4,8H2,1-3H3. The van der Waals surface area contributed by atoms with Crippen molar-refractivity contribution in [3.8, 4) is 0 Å². The highest BCUT2D eigenvalue weighted by Crippen LogP contribution is 2.18. The van der Waals surface area contributed by atoms with Crippen molar-refractivity contribution < 1.29 is 9.84 Å². The fourth-order valence-corrected chi connectivity index (χ4v) is 1.43. The summed E-state index contributed by atoms with van der Waals surface area (Å²) >= 11 is 0. The molecule has 1 heterocycles. The fourth-order valence-electron chi connectivity index (χ4n) is 1.43. The van der Waals surface area contributed by atoms with Crippen molar-refractivity contribution in [2.24, 2.45) is 0 Å². The van der Waals surface area contributed by atoms with Crippen LogP contribution in [0, 0.1) is 0 Å². The van der Waals surface area contributed by atoms with Gasteiger partial charge in [-0.25, -0.2) is 0 Å². The van der Waals surface area contributed by atoms with Gasteiger partial charge < -0.3 is 9.84 Å². The van der Waals surface area contributed by atoms with Crippen molar-refractivity contribution in [1.29, 1.82) is 0 Å². The molecule has 1 rings (SSSR count). The summed E-state index contributed by atoms with van der Waals surface area (Å²) in [6, 6.07) is 1.85. The van der Waals surface area contributed by atoms with Crippen molar-refractivity contribution in [2.75, 3.05) is 6.61 Å². The molecule has 0 aliphatic carbocycles. The summed E-state index contributed by atoms with van der Waals surface area (Å²) in [5, 5.41) is 9.93. The molecule has 0 bridgehead atoms. The maximum atomic E-state index is 9.93. The van der Waals surface area contributed by atoms with E-state index in [1.54, 1.807) is 12.4 Å². The van der Waals surface area contributed by atoms with Crippen molar-refractivity contribution in [3.05, 3.63) is 29.6 Å². The smallest absolute Gasteiger partial charge is 0.103 e. The van der Waals surface area contributed by atoms with E-state index >= 15 is 0 Å². The Labute approximate surface area is 91.1 Å². The lowest BCUT2D eigenvalue weighted by atomic mass is 10.0. The number of aliphatic hydroxyl groups excluding tert-OH is 1. The molecule has 0 aromatic carbocycles. The van der Waals surface area contributed by atoms with Gasteiger partial charge in [-0.15, -0.1) is 0 Å². The Hall–Kier alpha value is -0.930. The number of ether oxygens (including phenoxy) is 1. The Morgan fingerprint density at radius 1 is 1.47 bits per heavy atom. The molecule has 0 spiro atoms. The van der Waals surface area contributed by atoms with E-state index in [2.05, 4.69) is 11.9 Å². The van der Waals surface area contributed by atoms with Crippen LogP contribution in [0.1, 0.15) is 38.0 Å². The molecule has 3 heteroatoms. The molecular weight excluding hydrogens is 190 g/mol. The van der Waals surface area contributed by atoms with Gasteiger partial charge in [0.15, 0.2) is 0 Å². The van der Waals surface area contributed by atoms with Gasteiger partial charge in [-0.2, -0.15) is 0 Å². The number of aromatic nitrogens is 1. The van der Waals surface area contributed by atoms with E-state index in [1.165, 1.54) is 0 Å². The zero-order valence-electron chi connectivity index (χ0n) is 9.60. The summed E-state index contributed by atoms with van der Waals surface area (Å²) in [5.41, 5.74) is 2.01. The van der Waals surface area contributed by atoms with Gasteiger partial charge in [0, 0.05) is 12.4 Å². The highest BCUT2D eigenvalue weighted by molar-refractivity contribution is 5.25. The molecule has 1 unspecified atom stereocenters.